The van der Waals surface area contributed by atoms with Gasteiger partial charge in [0.05, 0.1) is 20.8 Å². The molecule has 8 heteroatoms. The first-order valence-corrected chi connectivity index (χ1v) is 9.70. The molecule has 1 aliphatic heterocycles. The zero-order chi connectivity index (χ0) is 18.4. The number of carbonyl (C=O) groups excluding carboxylic acids is 1. The van der Waals surface area contributed by atoms with Gasteiger partial charge in [-0.15, -0.1) is 23.7 Å². The Morgan fingerprint density at radius 2 is 2.22 bits per heavy atom. The maximum absolute atomic E-state index is 12.9. The Morgan fingerprint density at radius 1 is 1.37 bits per heavy atom. The zero-order valence-corrected chi connectivity index (χ0v) is 17.3. The first-order chi connectivity index (χ1) is 12.7. The molecule has 0 radical (unpaired) electrons. The van der Waals surface area contributed by atoms with Gasteiger partial charge in [-0.1, -0.05) is 0 Å². The average Bonchev–Trinajstić information content (AvgIpc) is 3.38. The molecule has 1 aliphatic rings. The Bertz CT molecular complexity index is 721. The number of carbonyl (C=O) groups is 1. The van der Waals surface area contributed by atoms with Crippen LogP contribution < -0.4 is 19.7 Å². The predicted molar refractivity (Wildman–Crippen MR) is 110 cm³/mol. The number of nitrogens with zero attached hydrogens (tertiary/aromatic N) is 2. The molecule has 148 valence electrons. The predicted octanol–water partition coefficient (Wildman–Crippen LogP) is 3.51. The van der Waals surface area contributed by atoms with Crippen molar-refractivity contribution >= 4 is 34.8 Å². The Morgan fingerprint density at radius 3 is 2.85 bits per heavy atom. The molecule has 0 spiro atoms. The van der Waals surface area contributed by atoms with E-state index >= 15 is 0 Å². The molecule has 2 aromatic rings. The van der Waals surface area contributed by atoms with E-state index in [2.05, 4.69) is 10.3 Å². The third-order valence-corrected chi connectivity index (χ3v) is 5.50. The molecule has 6 nitrogen and oxygen atoms in total. The molecule has 3 rings (SSSR count). The number of hydrogen-bond donors (Lipinski definition) is 1. The van der Waals surface area contributed by atoms with Gasteiger partial charge in [0.1, 0.15) is 11.5 Å². The van der Waals surface area contributed by atoms with Gasteiger partial charge in [-0.25, -0.2) is 4.98 Å². The SMILES string of the molecule is COc1ccc(CN(C(=O)CCC2CCNC2)c2nccs2)c(OC)c1.Cl. The van der Waals surface area contributed by atoms with Crippen molar-refractivity contribution in [1.82, 2.24) is 10.3 Å². The molecule has 1 unspecified atom stereocenters. The van der Waals surface area contributed by atoms with E-state index in [1.54, 1.807) is 25.3 Å². The maximum Gasteiger partial charge on any atom is 0.229 e. The fraction of sp³-hybridized carbons (Fsp3) is 0.474. The van der Waals surface area contributed by atoms with Crippen molar-refractivity contribution in [2.24, 2.45) is 5.92 Å². The quantitative estimate of drug-likeness (QED) is 0.720. The van der Waals surface area contributed by atoms with Crippen LogP contribution in [0.15, 0.2) is 29.8 Å². The summed E-state index contributed by atoms with van der Waals surface area (Å²) in [6.07, 6.45) is 4.32. The van der Waals surface area contributed by atoms with Gasteiger partial charge in [0.15, 0.2) is 5.13 Å². The summed E-state index contributed by atoms with van der Waals surface area (Å²) in [5.74, 6) is 2.13. The molecule has 0 saturated carbocycles. The molecule has 1 amide bonds. The van der Waals surface area contributed by atoms with Crippen molar-refractivity contribution in [3.05, 3.63) is 35.3 Å². The lowest BCUT2D eigenvalue weighted by Gasteiger charge is -2.22. The van der Waals surface area contributed by atoms with E-state index in [-0.39, 0.29) is 18.3 Å². The molecule has 2 heterocycles. The molecule has 0 bridgehead atoms. The highest BCUT2D eigenvalue weighted by atomic mass is 35.5. The monoisotopic (exact) mass is 411 g/mol. The summed E-state index contributed by atoms with van der Waals surface area (Å²) in [6, 6.07) is 5.66. The van der Waals surface area contributed by atoms with Crippen LogP contribution in [0.3, 0.4) is 0 Å². The summed E-state index contributed by atoms with van der Waals surface area (Å²) in [7, 11) is 3.25. The lowest BCUT2D eigenvalue weighted by Crippen LogP contribution is -2.30. The van der Waals surface area contributed by atoms with E-state index in [0.29, 0.717) is 24.6 Å². The second kappa shape index (κ2) is 10.5. The second-order valence-corrected chi connectivity index (χ2v) is 7.24. The topological polar surface area (TPSA) is 63.7 Å². The van der Waals surface area contributed by atoms with E-state index in [1.165, 1.54) is 11.3 Å². The van der Waals surface area contributed by atoms with Gasteiger partial charge in [0.2, 0.25) is 5.91 Å². The summed E-state index contributed by atoms with van der Waals surface area (Å²) < 4.78 is 10.7. The Kier molecular flexibility index (Phi) is 8.34. The van der Waals surface area contributed by atoms with Gasteiger partial charge in [0.25, 0.3) is 0 Å². The highest BCUT2D eigenvalue weighted by molar-refractivity contribution is 7.13. The van der Waals surface area contributed by atoms with Crippen LogP contribution in [0.2, 0.25) is 0 Å². The van der Waals surface area contributed by atoms with Gasteiger partial charge in [-0.3, -0.25) is 9.69 Å². The van der Waals surface area contributed by atoms with Crippen molar-refractivity contribution in [2.45, 2.75) is 25.8 Å². The normalized spacial score (nSPS) is 15.9. The fourth-order valence-corrected chi connectivity index (χ4v) is 3.85. The molecule has 27 heavy (non-hydrogen) atoms. The number of amides is 1. The number of nitrogens with one attached hydrogen (secondary N) is 1. The summed E-state index contributed by atoms with van der Waals surface area (Å²) in [6.45, 7) is 2.50. The Balaban J connectivity index is 0.00000261. The number of ether oxygens (including phenoxy) is 2. The minimum Gasteiger partial charge on any atom is -0.497 e. The summed E-state index contributed by atoms with van der Waals surface area (Å²) in [5.41, 5.74) is 0.930. The third kappa shape index (κ3) is 5.57. The summed E-state index contributed by atoms with van der Waals surface area (Å²) in [5, 5.41) is 5.97. The van der Waals surface area contributed by atoms with Crippen LogP contribution >= 0.6 is 23.7 Å². The van der Waals surface area contributed by atoms with E-state index in [4.69, 9.17) is 9.47 Å². The highest BCUT2D eigenvalue weighted by Crippen LogP contribution is 2.29. The molecule has 1 aromatic carbocycles. The molecular weight excluding hydrogens is 386 g/mol. The van der Waals surface area contributed by atoms with Crippen LogP contribution in [0.25, 0.3) is 0 Å². The van der Waals surface area contributed by atoms with Crippen molar-refractivity contribution in [3.8, 4) is 11.5 Å². The number of anilines is 1. The number of thiazole rings is 1. The Labute approximate surface area is 170 Å². The number of benzene rings is 1. The lowest BCUT2D eigenvalue weighted by molar-refractivity contribution is -0.119. The fourth-order valence-electron chi connectivity index (χ4n) is 3.19. The van der Waals surface area contributed by atoms with Crippen LogP contribution in [0.1, 0.15) is 24.8 Å². The van der Waals surface area contributed by atoms with Crippen molar-refractivity contribution in [1.29, 1.82) is 0 Å². The highest BCUT2D eigenvalue weighted by Gasteiger charge is 2.22. The van der Waals surface area contributed by atoms with Gasteiger partial charge in [-0.2, -0.15) is 0 Å². The molecule has 1 N–H and O–H groups in total. The molecular formula is C19H26ClN3O3S. The van der Waals surface area contributed by atoms with Crippen LogP contribution in [0.5, 0.6) is 11.5 Å². The number of rotatable bonds is 8. The van der Waals surface area contributed by atoms with Crippen molar-refractivity contribution < 1.29 is 14.3 Å². The largest absolute Gasteiger partial charge is 0.497 e. The Hall–Kier alpha value is -1.83. The maximum atomic E-state index is 12.9. The van der Waals surface area contributed by atoms with Gasteiger partial charge in [0, 0.05) is 29.6 Å². The smallest absolute Gasteiger partial charge is 0.229 e. The van der Waals surface area contributed by atoms with Crippen LogP contribution in [-0.2, 0) is 11.3 Å². The van der Waals surface area contributed by atoms with Crippen LogP contribution in [0, 0.1) is 5.92 Å². The van der Waals surface area contributed by atoms with E-state index in [9.17, 15) is 4.79 Å². The second-order valence-electron chi connectivity index (χ2n) is 6.37. The minimum absolute atomic E-state index is 0. The molecule has 0 aliphatic carbocycles. The van der Waals surface area contributed by atoms with Gasteiger partial charge >= 0.3 is 0 Å². The summed E-state index contributed by atoms with van der Waals surface area (Å²) >= 11 is 1.47. The number of methoxy groups -OCH3 is 2. The van der Waals surface area contributed by atoms with E-state index < -0.39 is 0 Å². The standard InChI is InChI=1S/C19H25N3O3S.ClH/c1-24-16-5-4-15(17(11-16)25-2)13-22(19-21-9-10-26-19)18(23)6-3-14-7-8-20-12-14;/h4-5,9-11,14,20H,3,6-8,12-13H2,1-2H3;1H. The van der Waals surface area contributed by atoms with Crippen molar-refractivity contribution in [3.63, 3.8) is 0 Å². The van der Waals surface area contributed by atoms with Gasteiger partial charge < -0.3 is 14.8 Å². The van der Waals surface area contributed by atoms with Crippen LogP contribution in [-0.4, -0.2) is 38.2 Å². The zero-order valence-electron chi connectivity index (χ0n) is 15.6. The first-order valence-electron chi connectivity index (χ1n) is 8.82. The van der Waals surface area contributed by atoms with E-state index in [0.717, 1.165) is 42.4 Å². The third-order valence-electron chi connectivity index (χ3n) is 4.70. The lowest BCUT2D eigenvalue weighted by atomic mass is 10.0. The first kappa shape index (κ1) is 21.5. The van der Waals surface area contributed by atoms with E-state index in [1.807, 2.05) is 23.6 Å². The molecule has 1 saturated heterocycles. The average molecular weight is 412 g/mol. The number of aromatic nitrogens is 1. The van der Waals surface area contributed by atoms with Gasteiger partial charge in [-0.05, 0) is 44.0 Å². The number of hydrogen-bond acceptors (Lipinski definition) is 6. The minimum atomic E-state index is 0. The van der Waals surface area contributed by atoms with Crippen LogP contribution in [0.4, 0.5) is 5.13 Å². The molecule has 1 atom stereocenters. The number of halogens is 1. The summed E-state index contributed by atoms with van der Waals surface area (Å²) in [4.78, 5) is 19.0. The molecule has 1 fully saturated rings. The molecule has 1 aromatic heterocycles. The van der Waals surface area contributed by atoms with Crippen molar-refractivity contribution in [2.75, 3.05) is 32.2 Å².